The van der Waals surface area contributed by atoms with Crippen molar-refractivity contribution in [2.45, 2.75) is 52.4 Å². The predicted molar refractivity (Wildman–Crippen MR) is 145 cm³/mol. The number of hydrogen-bond donors (Lipinski definition) is 2. The van der Waals surface area contributed by atoms with Crippen LogP contribution in [0.4, 0.5) is 20.2 Å². The number of benzene rings is 2. The first-order chi connectivity index (χ1) is 18.5. The zero-order chi connectivity index (χ0) is 29.7. The quantitative estimate of drug-likeness (QED) is 0.462. The van der Waals surface area contributed by atoms with Gasteiger partial charge in [0, 0.05) is 23.4 Å². The first-order valence-electron chi connectivity index (χ1n) is 12.2. The average molecular weight is 576 g/mol. The molecule has 2 amide bonds. The number of ether oxygens (including phenoxy) is 1. The highest BCUT2D eigenvalue weighted by molar-refractivity contribution is 6.31. The Kier molecular flexibility index (Phi) is 7.52. The highest BCUT2D eigenvalue weighted by atomic mass is 35.5. The molecule has 0 saturated carbocycles. The smallest absolute Gasteiger partial charge is 0.277 e. The SMILES string of the molecule is Cc1cc(OCc2ccc(F)cc2F)c(Cl)c(=O)n1-c1ccc2c(c1)N(C(=O)C(C)(C)O)CN2C(=O)C(C)(C)O. The van der Waals surface area contributed by atoms with Crippen LogP contribution in [0.25, 0.3) is 5.69 Å². The topological polar surface area (TPSA) is 112 Å². The second kappa shape index (κ2) is 10.3. The lowest BCUT2D eigenvalue weighted by Gasteiger charge is -2.27. The van der Waals surface area contributed by atoms with E-state index in [1.54, 1.807) is 13.0 Å². The molecule has 4 rings (SSSR count). The molecule has 12 heteroatoms. The molecule has 212 valence electrons. The van der Waals surface area contributed by atoms with Gasteiger partial charge in [0.25, 0.3) is 17.4 Å². The van der Waals surface area contributed by atoms with Gasteiger partial charge < -0.3 is 14.9 Å². The molecule has 0 spiro atoms. The van der Waals surface area contributed by atoms with Crippen molar-refractivity contribution in [2.24, 2.45) is 0 Å². The number of pyridine rings is 1. The van der Waals surface area contributed by atoms with Crippen molar-refractivity contribution >= 4 is 34.8 Å². The number of amides is 2. The molecule has 9 nitrogen and oxygen atoms in total. The fourth-order valence-corrected chi connectivity index (χ4v) is 4.49. The Balaban J connectivity index is 1.75. The van der Waals surface area contributed by atoms with Gasteiger partial charge >= 0.3 is 0 Å². The molecule has 1 aromatic heterocycles. The molecule has 3 aromatic rings. The Bertz CT molecular complexity index is 1580. The minimum atomic E-state index is -1.78. The molecule has 2 aromatic carbocycles. The Morgan fingerprint density at radius 2 is 1.55 bits per heavy atom. The molecule has 0 bridgehead atoms. The number of aromatic nitrogens is 1. The number of halogens is 3. The molecule has 0 atom stereocenters. The van der Waals surface area contributed by atoms with Crippen LogP contribution < -0.4 is 20.1 Å². The van der Waals surface area contributed by atoms with E-state index in [9.17, 15) is 33.4 Å². The summed E-state index contributed by atoms with van der Waals surface area (Å²) in [5.41, 5.74) is -2.91. The van der Waals surface area contributed by atoms with Crippen molar-refractivity contribution in [1.82, 2.24) is 4.57 Å². The zero-order valence-corrected chi connectivity index (χ0v) is 23.2. The number of nitrogens with zero attached hydrogens (tertiary/aromatic N) is 3. The van der Waals surface area contributed by atoms with Crippen LogP contribution in [-0.4, -0.2) is 44.5 Å². The second-order valence-corrected chi connectivity index (χ2v) is 10.9. The van der Waals surface area contributed by atoms with E-state index in [0.29, 0.717) is 17.1 Å². The Labute approximate surface area is 233 Å². The molecular formula is C28H28ClF2N3O6. The number of carbonyl (C=O) groups is 2. The number of aliphatic hydroxyl groups is 2. The number of rotatable bonds is 6. The summed E-state index contributed by atoms with van der Waals surface area (Å²) in [6, 6.07) is 9.07. The first kappa shape index (κ1) is 29.2. The summed E-state index contributed by atoms with van der Waals surface area (Å²) in [6.07, 6.45) is 0. The first-order valence-corrected chi connectivity index (χ1v) is 12.6. The third-order valence-electron chi connectivity index (χ3n) is 6.32. The van der Waals surface area contributed by atoms with Gasteiger partial charge in [0.1, 0.15) is 46.9 Å². The summed E-state index contributed by atoms with van der Waals surface area (Å²) in [5.74, 6) is -2.91. The van der Waals surface area contributed by atoms with Crippen LogP contribution in [0.2, 0.25) is 5.02 Å². The van der Waals surface area contributed by atoms with Gasteiger partial charge in [-0.25, -0.2) is 8.78 Å². The van der Waals surface area contributed by atoms with Gasteiger partial charge in [0.2, 0.25) is 0 Å². The maximum absolute atomic E-state index is 14.0. The van der Waals surface area contributed by atoms with Gasteiger partial charge in [-0.1, -0.05) is 11.6 Å². The summed E-state index contributed by atoms with van der Waals surface area (Å²) >= 11 is 6.33. The van der Waals surface area contributed by atoms with E-state index in [1.807, 2.05) is 0 Å². The maximum Gasteiger partial charge on any atom is 0.277 e. The zero-order valence-electron chi connectivity index (χ0n) is 22.5. The van der Waals surface area contributed by atoms with Crippen molar-refractivity contribution in [2.75, 3.05) is 16.5 Å². The number of anilines is 2. The Morgan fingerprint density at radius 3 is 2.12 bits per heavy atom. The molecule has 1 aliphatic rings. The van der Waals surface area contributed by atoms with E-state index >= 15 is 0 Å². The summed E-state index contributed by atoms with van der Waals surface area (Å²) in [6.45, 7) is 6.32. The molecule has 0 unspecified atom stereocenters. The normalized spacial score (nSPS) is 13.4. The lowest BCUT2D eigenvalue weighted by molar-refractivity contribution is -0.134. The van der Waals surface area contributed by atoms with Crippen LogP contribution in [0.15, 0.2) is 47.3 Å². The fraction of sp³-hybridized carbons (Fsp3) is 0.321. The van der Waals surface area contributed by atoms with Gasteiger partial charge in [0.05, 0.1) is 17.1 Å². The largest absolute Gasteiger partial charge is 0.487 e. The summed E-state index contributed by atoms with van der Waals surface area (Å²) in [5, 5.41) is 20.4. The van der Waals surface area contributed by atoms with Crippen LogP contribution in [-0.2, 0) is 16.2 Å². The monoisotopic (exact) mass is 575 g/mol. The second-order valence-electron chi connectivity index (χ2n) is 10.5. The van der Waals surface area contributed by atoms with Gasteiger partial charge in [-0.15, -0.1) is 0 Å². The molecule has 2 N–H and O–H groups in total. The van der Waals surface area contributed by atoms with Crippen molar-refractivity contribution in [3.63, 3.8) is 0 Å². The number of fused-ring (bicyclic) bond motifs is 1. The van der Waals surface area contributed by atoms with Crippen molar-refractivity contribution < 1.29 is 33.3 Å². The van der Waals surface area contributed by atoms with Crippen LogP contribution in [0, 0.1) is 18.6 Å². The lowest BCUT2D eigenvalue weighted by atomic mass is 10.1. The minimum absolute atomic E-state index is 0.00825. The van der Waals surface area contributed by atoms with E-state index in [4.69, 9.17) is 16.3 Å². The number of aryl methyl sites for hydroxylation is 1. The summed E-state index contributed by atoms with van der Waals surface area (Å²) in [7, 11) is 0. The molecule has 40 heavy (non-hydrogen) atoms. The van der Waals surface area contributed by atoms with Gasteiger partial charge in [-0.2, -0.15) is 0 Å². The van der Waals surface area contributed by atoms with Crippen LogP contribution in [0.5, 0.6) is 5.75 Å². The predicted octanol–water partition coefficient (Wildman–Crippen LogP) is 3.84. The molecule has 0 saturated heterocycles. The van der Waals surface area contributed by atoms with Crippen molar-refractivity contribution in [1.29, 1.82) is 0 Å². The van der Waals surface area contributed by atoms with E-state index in [2.05, 4.69) is 0 Å². The molecule has 2 heterocycles. The summed E-state index contributed by atoms with van der Waals surface area (Å²) in [4.78, 5) is 41.8. The summed E-state index contributed by atoms with van der Waals surface area (Å²) < 4.78 is 34.0. The fourth-order valence-electron chi connectivity index (χ4n) is 4.30. The maximum atomic E-state index is 14.0. The van der Waals surface area contributed by atoms with E-state index in [-0.39, 0.29) is 35.3 Å². The van der Waals surface area contributed by atoms with E-state index in [1.165, 1.54) is 66.3 Å². The molecule has 0 radical (unpaired) electrons. The van der Waals surface area contributed by atoms with Crippen molar-refractivity contribution in [3.8, 4) is 11.4 Å². The van der Waals surface area contributed by atoms with Crippen LogP contribution in [0.1, 0.15) is 39.0 Å². The highest BCUT2D eigenvalue weighted by Gasteiger charge is 2.42. The minimum Gasteiger partial charge on any atom is -0.487 e. The lowest BCUT2D eigenvalue weighted by Crippen LogP contribution is -2.50. The van der Waals surface area contributed by atoms with Gasteiger partial charge in [-0.3, -0.25) is 28.8 Å². The average Bonchev–Trinajstić information content (AvgIpc) is 3.22. The molecule has 0 fully saturated rings. The standard InChI is InChI=1S/C28H28ClF2N3O6/c1-15-10-22(40-13-16-6-7-17(30)11-19(16)31)23(29)24(35)34(15)18-8-9-20-21(12-18)33(26(37)28(4,5)39)14-32(20)25(36)27(2,3)38/h6-12,38-39H,13-14H2,1-5H3. The van der Waals surface area contributed by atoms with E-state index in [0.717, 1.165) is 12.1 Å². The van der Waals surface area contributed by atoms with Crippen LogP contribution >= 0.6 is 11.6 Å². The third-order valence-corrected chi connectivity index (χ3v) is 6.66. The highest BCUT2D eigenvalue weighted by Crippen LogP contribution is 2.40. The van der Waals surface area contributed by atoms with Gasteiger partial charge in [-0.05, 0) is 65.0 Å². The Morgan fingerprint density at radius 1 is 0.950 bits per heavy atom. The number of carbonyl (C=O) groups excluding carboxylic acids is 2. The number of hydrogen-bond acceptors (Lipinski definition) is 6. The molecular weight excluding hydrogens is 548 g/mol. The molecule has 1 aliphatic heterocycles. The Hall–Kier alpha value is -3.80. The third kappa shape index (κ3) is 5.45. The van der Waals surface area contributed by atoms with E-state index < -0.39 is 40.2 Å². The molecule has 0 aliphatic carbocycles. The van der Waals surface area contributed by atoms with Gasteiger partial charge in [0.15, 0.2) is 0 Å². The van der Waals surface area contributed by atoms with Crippen LogP contribution in [0.3, 0.4) is 0 Å². The van der Waals surface area contributed by atoms with Crippen molar-refractivity contribution in [3.05, 3.63) is 80.7 Å².